The normalized spacial score (nSPS) is 10.4. The molecule has 0 aliphatic carbocycles. The Labute approximate surface area is 163 Å². The molecule has 0 bridgehead atoms. The first-order valence-electron chi connectivity index (χ1n) is 8.33. The number of para-hydroxylation sites is 1. The maximum atomic E-state index is 6.24. The van der Waals surface area contributed by atoms with Gasteiger partial charge >= 0.3 is 0 Å². The average molecular weight is 388 g/mol. The Balaban J connectivity index is 1.61. The molecule has 0 spiro atoms. The molecule has 0 aliphatic heterocycles. The highest BCUT2D eigenvalue weighted by atomic mass is 35.5. The molecule has 0 saturated carbocycles. The summed E-state index contributed by atoms with van der Waals surface area (Å²) in [5.74, 6) is 2.13. The van der Waals surface area contributed by atoms with Gasteiger partial charge in [-0.25, -0.2) is 0 Å². The molecule has 3 rings (SSSR count). The molecule has 0 heterocycles. The third-order valence-electron chi connectivity index (χ3n) is 3.68. The van der Waals surface area contributed by atoms with E-state index in [0.717, 1.165) is 22.7 Å². The van der Waals surface area contributed by atoms with E-state index in [2.05, 4.69) is 5.32 Å². The van der Waals surface area contributed by atoms with Gasteiger partial charge in [0.15, 0.2) is 5.75 Å². The van der Waals surface area contributed by atoms with Gasteiger partial charge in [0, 0.05) is 12.2 Å². The highest BCUT2D eigenvalue weighted by molar-refractivity contribution is 6.37. The topological polar surface area (TPSA) is 30.5 Å². The lowest BCUT2D eigenvalue weighted by molar-refractivity contribution is 0.340. The molecule has 0 radical (unpaired) electrons. The minimum atomic E-state index is 0.516. The first-order valence-corrected chi connectivity index (χ1v) is 9.09. The van der Waals surface area contributed by atoms with Crippen molar-refractivity contribution in [2.24, 2.45) is 0 Å². The average Bonchev–Trinajstić information content (AvgIpc) is 2.65. The van der Waals surface area contributed by atoms with E-state index in [4.69, 9.17) is 32.7 Å². The zero-order valence-electron chi connectivity index (χ0n) is 14.3. The first kappa shape index (κ1) is 18.4. The van der Waals surface area contributed by atoms with Crippen molar-refractivity contribution >= 4 is 28.9 Å². The summed E-state index contributed by atoms with van der Waals surface area (Å²) in [6, 6.07) is 21.2. The summed E-state index contributed by atoms with van der Waals surface area (Å²) in [4.78, 5) is 0. The SMILES string of the molecule is CCOc1c(Cl)cc(CNc2ccc(Oc3ccccc3)cc2)cc1Cl. The summed E-state index contributed by atoms with van der Waals surface area (Å²) < 4.78 is 11.2. The van der Waals surface area contributed by atoms with E-state index in [1.54, 1.807) is 0 Å². The fraction of sp³-hybridized carbons (Fsp3) is 0.143. The molecule has 3 nitrogen and oxygen atoms in total. The number of hydrogen-bond acceptors (Lipinski definition) is 3. The van der Waals surface area contributed by atoms with Crippen molar-refractivity contribution in [2.75, 3.05) is 11.9 Å². The lowest BCUT2D eigenvalue weighted by atomic mass is 10.2. The quantitative estimate of drug-likeness (QED) is 0.483. The Morgan fingerprint density at radius 2 is 1.46 bits per heavy atom. The molecule has 1 N–H and O–H groups in total. The third-order valence-corrected chi connectivity index (χ3v) is 4.24. The molecule has 0 atom stereocenters. The van der Waals surface area contributed by atoms with Crippen LogP contribution < -0.4 is 14.8 Å². The standard InChI is InChI=1S/C21H19Cl2NO2/c1-2-25-21-19(22)12-15(13-20(21)23)14-24-16-8-10-18(11-9-16)26-17-6-4-3-5-7-17/h3-13,24H,2,14H2,1H3. The van der Waals surface area contributed by atoms with E-state index >= 15 is 0 Å². The molecule has 3 aromatic carbocycles. The lowest BCUT2D eigenvalue weighted by Gasteiger charge is -2.12. The van der Waals surface area contributed by atoms with Gasteiger partial charge < -0.3 is 14.8 Å². The Morgan fingerprint density at radius 1 is 0.846 bits per heavy atom. The minimum absolute atomic E-state index is 0.516. The van der Waals surface area contributed by atoms with E-state index in [1.807, 2.05) is 73.7 Å². The van der Waals surface area contributed by atoms with Crippen molar-refractivity contribution < 1.29 is 9.47 Å². The zero-order valence-corrected chi connectivity index (χ0v) is 15.8. The van der Waals surface area contributed by atoms with Gasteiger partial charge in [0.1, 0.15) is 11.5 Å². The van der Waals surface area contributed by atoms with Gasteiger partial charge in [-0.3, -0.25) is 0 Å². The number of rotatable bonds is 7. The van der Waals surface area contributed by atoms with E-state index in [1.165, 1.54) is 0 Å². The third kappa shape index (κ3) is 4.84. The molecule has 3 aromatic rings. The first-order chi connectivity index (χ1) is 12.7. The van der Waals surface area contributed by atoms with Gasteiger partial charge in [0.05, 0.1) is 16.7 Å². The van der Waals surface area contributed by atoms with Crippen LogP contribution in [0.4, 0.5) is 5.69 Å². The van der Waals surface area contributed by atoms with Gasteiger partial charge in [0.25, 0.3) is 0 Å². The van der Waals surface area contributed by atoms with Crippen LogP contribution in [0.25, 0.3) is 0 Å². The second-order valence-corrected chi connectivity index (χ2v) is 6.43. The number of benzene rings is 3. The van der Waals surface area contributed by atoms with E-state index in [9.17, 15) is 0 Å². The van der Waals surface area contributed by atoms with E-state index in [0.29, 0.717) is 28.9 Å². The number of halogens is 2. The predicted octanol–water partition coefficient (Wildman–Crippen LogP) is 6.80. The summed E-state index contributed by atoms with van der Waals surface area (Å²) in [7, 11) is 0. The maximum absolute atomic E-state index is 6.24. The van der Waals surface area contributed by atoms with Crippen molar-refractivity contribution in [1.82, 2.24) is 0 Å². The van der Waals surface area contributed by atoms with Crippen molar-refractivity contribution in [3.63, 3.8) is 0 Å². The predicted molar refractivity (Wildman–Crippen MR) is 108 cm³/mol. The molecule has 0 fully saturated rings. The Morgan fingerprint density at radius 3 is 2.08 bits per heavy atom. The Hall–Kier alpha value is -2.36. The van der Waals surface area contributed by atoms with Crippen LogP contribution in [0.2, 0.25) is 10.0 Å². The zero-order chi connectivity index (χ0) is 18.4. The molecule has 0 aromatic heterocycles. The summed E-state index contributed by atoms with van der Waals surface area (Å²) in [5.41, 5.74) is 1.96. The summed E-state index contributed by atoms with van der Waals surface area (Å²) in [6.07, 6.45) is 0. The van der Waals surface area contributed by atoms with Gasteiger partial charge in [-0.05, 0) is 61.0 Å². The molecule has 0 saturated heterocycles. The minimum Gasteiger partial charge on any atom is -0.491 e. The molecule has 134 valence electrons. The van der Waals surface area contributed by atoms with Gasteiger partial charge in [-0.15, -0.1) is 0 Å². The molecule has 0 aliphatic rings. The molecular weight excluding hydrogens is 369 g/mol. The highest BCUT2D eigenvalue weighted by Crippen LogP contribution is 2.34. The van der Waals surface area contributed by atoms with Gasteiger partial charge in [-0.1, -0.05) is 41.4 Å². The lowest BCUT2D eigenvalue weighted by Crippen LogP contribution is -2.01. The van der Waals surface area contributed by atoms with Crippen molar-refractivity contribution in [3.05, 3.63) is 82.3 Å². The number of anilines is 1. The van der Waals surface area contributed by atoms with Crippen molar-refractivity contribution in [1.29, 1.82) is 0 Å². The number of hydrogen-bond donors (Lipinski definition) is 1. The van der Waals surface area contributed by atoms with Crippen LogP contribution >= 0.6 is 23.2 Å². The summed E-state index contributed by atoms with van der Waals surface area (Å²) in [5, 5.41) is 4.38. The second-order valence-electron chi connectivity index (χ2n) is 5.61. The van der Waals surface area contributed by atoms with E-state index < -0.39 is 0 Å². The Kier molecular flexibility index (Phi) is 6.26. The monoisotopic (exact) mass is 387 g/mol. The van der Waals surface area contributed by atoms with Crippen LogP contribution in [0, 0.1) is 0 Å². The molecule has 0 unspecified atom stereocenters. The summed E-state index contributed by atoms with van der Waals surface area (Å²) in [6.45, 7) is 3.02. The molecule has 0 amide bonds. The van der Waals surface area contributed by atoms with Crippen LogP contribution in [0.1, 0.15) is 12.5 Å². The van der Waals surface area contributed by atoms with Crippen LogP contribution in [-0.4, -0.2) is 6.61 Å². The smallest absolute Gasteiger partial charge is 0.156 e. The fourth-order valence-corrected chi connectivity index (χ4v) is 3.11. The molecule has 5 heteroatoms. The van der Waals surface area contributed by atoms with E-state index in [-0.39, 0.29) is 0 Å². The number of ether oxygens (including phenoxy) is 2. The van der Waals surface area contributed by atoms with Crippen LogP contribution in [0.15, 0.2) is 66.7 Å². The molecule has 26 heavy (non-hydrogen) atoms. The number of nitrogens with one attached hydrogen (secondary N) is 1. The fourth-order valence-electron chi connectivity index (χ4n) is 2.47. The van der Waals surface area contributed by atoms with Crippen LogP contribution in [0.5, 0.6) is 17.2 Å². The second kappa shape index (κ2) is 8.84. The highest BCUT2D eigenvalue weighted by Gasteiger charge is 2.09. The maximum Gasteiger partial charge on any atom is 0.156 e. The van der Waals surface area contributed by atoms with Crippen molar-refractivity contribution in [3.8, 4) is 17.2 Å². The van der Waals surface area contributed by atoms with Crippen LogP contribution in [0.3, 0.4) is 0 Å². The van der Waals surface area contributed by atoms with Gasteiger partial charge in [-0.2, -0.15) is 0 Å². The van der Waals surface area contributed by atoms with Crippen molar-refractivity contribution in [2.45, 2.75) is 13.5 Å². The summed E-state index contributed by atoms with van der Waals surface area (Å²) >= 11 is 12.5. The van der Waals surface area contributed by atoms with Gasteiger partial charge in [0.2, 0.25) is 0 Å². The molecular formula is C21H19Cl2NO2. The largest absolute Gasteiger partial charge is 0.491 e. The van der Waals surface area contributed by atoms with Crippen LogP contribution in [-0.2, 0) is 6.54 Å². The Bertz CT molecular complexity index is 829.